The standard InChI is InChI=1S/C11H12N2O2/c12-6-1-2-7-15-10-5-3-4-9(8-10)11(13)14/h3-5,8H,1-2,7H2,(H2,13,14). The van der Waals surface area contributed by atoms with Gasteiger partial charge in [0.2, 0.25) is 5.91 Å². The number of amides is 1. The summed E-state index contributed by atoms with van der Waals surface area (Å²) in [6.07, 6.45) is 1.15. The Bertz CT molecular complexity index is 382. The lowest BCUT2D eigenvalue weighted by Crippen LogP contribution is -2.10. The third-order valence-corrected chi connectivity index (χ3v) is 1.82. The van der Waals surface area contributed by atoms with Gasteiger partial charge in [0, 0.05) is 12.0 Å². The second kappa shape index (κ2) is 5.66. The molecule has 1 amide bonds. The Morgan fingerprint density at radius 1 is 1.53 bits per heavy atom. The van der Waals surface area contributed by atoms with E-state index in [-0.39, 0.29) is 0 Å². The zero-order valence-electron chi connectivity index (χ0n) is 8.27. The molecule has 0 spiro atoms. The maximum absolute atomic E-state index is 10.9. The van der Waals surface area contributed by atoms with Gasteiger partial charge in [-0.1, -0.05) is 6.07 Å². The van der Waals surface area contributed by atoms with Gasteiger partial charge in [0.25, 0.3) is 0 Å². The van der Waals surface area contributed by atoms with Gasteiger partial charge in [0.15, 0.2) is 0 Å². The van der Waals surface area contributed by atoms with Gasteiger partial charge in [-0.05, 0) is 24.6 Å². The van der Waals surface area contributed by atoms with Crippen molar-refractivity contribution < 1.29 is 9.53 Å². The van der Waals surface area contributed by atoms with Crippen molar-refractivity contribution >= 4 is 5.91 Å². The van der Waals surface area contributed by atoms with Crippen LogP contribution in [0.25, 0.3) is 0 Å². The van der Waals surface area contributed by atoms with Crippen molar-refractivity contribution in [3.63, 3.8) is 0 Å². The Morgan fingerprint density at radius 2 is 2.33 bits per heavy atom. The number of carbonyl (C=O) groups is 1. The first-order chi connectivity index (χ1) is 7.24. The van der Waals surface area contributed by atoms with Gasteiger partial charge < -0.3 is 10.5 Å². The molecular weight excluding hydrogens is 192 g/mol. The lowest BCUT2D eigenvalue weighted by atomic mass is 10.2. The minimum absolute atomic E-state index is 0.424. The van der Waals surface area contributed by atoms with Gasteiger partial charge >= 0.3 is 0 Å². The van der Waals surface area contributed by atoms with E-state index in [0.29, 0.717) is 30.8 Å². The van der Waals surface area contributed by atoms with Gasteiger partial charge in [-0.2, -0.15) is 5.26 Å². The van der Waals surface area contributed by atoms with Crippen LogP contribution in [-0.2, 0) is 0 Å². The van der Waals surface area contributed by atoms with Crippen molar-refractivity contribution in [2.45, 2.75) is 12.8 Å². The second-order valence-electron chi connectivity index (χ2n) is 3.00. The number of benzene rings is 1. The highest BCUT2D eigenvalue weighted by Crippen LogP contribution is 2.13. The highest BCUT2D eigenvalue weighted by Gasteiger charge is 2.01. The van der Waals surface area contributed by atoms with Crippen LogP contribution >= 0.6 is 0 Å². The van der Waals surface area contributed by atoms with Crippen LogP contribution in [0.5, 0.6) is 5.75 Å². The Hall–Kier alpha value is -2.02. The van der Waals surface area contributed by atoms with Crippen LogP contribution in [0.4, 0.5) is 0 Å². The van der Waals surface area contributed by atoms with Crippen molar-refractivity contribution in [1.29, 1.82) is 5.26 Å². The van der Waals surface area contributed by atoms with Gasteiger partial charge in [-0.25, -0.2) is 0 Å². The lowest BCUT2D eigenvalue weighted by molar-refractivity contribution is 0.1000. The molecule has 78 valence electrons. The van der Waals surface area contributed by atoms with E-state index in [1.54, 1.807) is 24.3 Å². The third kappa shape index (κ3) is 3.69. The fourth-order valence-electron chi connectivity index (χ4n) is 1.08. The summed E-state index contributed by atoms with van der Waals surface area (Å²) in [6, 6.07) is 8.71. The predicted molar refractivity (Wildman–Crippen MR) is 55.3 cm³/mol. The van der Waals surface area contributed by atoms with E-state index in [0.717, 1.165) is 0 Å². The van der Waals surface area contributed by atoms with Crippen LogP contribution in [0.15, 0.2) is 24.3 Å². The van der Waals surface area contributed by atoms with Crippen molar-refractivity contribution in [1.82, 2.24) is 0 Å². The Kier molecular flexibility index (Phi) is 4.17. The Morgan fingerprint density at radius 3 is 3.00 bits per heavy atom. The number of hydrogen-bond acceptors (Lipinski definition) is 3. The summed E-state index contributed by atoms with van der Waals surface area (Å²) in [5.74, 6) is 0.127. The molecule has 1 aromatic carbocycles. The molecule has 0 heterocycles. The van der Waals surface area contributed by atoms with Crippen LogP contribution in [0.1, 0.15) is 23.2 Å². The van der Waals surface area contributed by atoms with E-state index in [1.807, 2.05) is 6.07 Å². The number of nitriles is 1. The monoisotopic (exact) mass is 204 g/mol. The molecule has 0 bridgehead atoms. The number of primary amides is 1. The summed E-state index contributed by atoms with van der Waals surface area (Å²) in [6.45, 7) is 0.468. The first-order valence-corrected chi connectivity index (χ1v) is 4.63. The van der Waals surface area contributed by atoms with E-state index in [4.69, 9.17) is 15.7 Å². The first kappa shape index (κ1) is 11.1. The molecule has 0 aromatic heterocycles. The molecule has 1 aromatic rings. The number of nitrogens with zero attached hydrogens (tertiary/aromatic N) is 1. The van der Waals surface area contributed by atoms with E-state index >= 15 is 0 Å². The summed E-state index contributed by atoms with van der Waals surface area (Å²) in [5.41, 5.74) is 5.55. The summed E-state index contributed by atoms with van der Waals surface area (Å²) >= 11 is 0. The molecule has 0 unspecified atom stereocenters. The molecule has 4 heteroatoms. The van der Waals surface area contributed by atoms with Gasteiger partial charge in [-0.15, -0.1) is 0 Å². The zero-order valence-corrected chi connectivity index (χ0v) is 8.27. The quantitative estimate of drug-likeness (QED) is 0.738. The van der Waals surface area contributed by atoms with Crippen LogP contribution in [-0.4, -0.2) is 12.5 Å². The third-order valence-electron chi connectivity index (χ3n) is 1.82. The average Bonchev–Trinajstić information content (AvgIpc) is 2.25. The van der Waals surface area contributed by atoms with E-state index in [9.17, 15) is 4.79 Å². The molecule has 0 saturated carbocycles. The van der Waals surface area contributed by atoms with E-state index in [1.165, 1.54) is 0 Å². The number of ether oxygens (including phenoxy) is 1. The minimum Gasteiger partial charge on any atom is -0.494 e. The number of nitrogens with two attached hydrogens (primary N) is 1. The smallest absolute Gasteiger partial charge is 0.248 e. The number of rotatable bonds is 5. The highest BCUT2D eigenvalue weighted by atomic mass is 16.5. The molecule has 0 saturated heterocycles. The average molecular weight is 204 g/mol. The van der Waals surface area contributed by atoms with Crippen LogP contribution in [0.2, 0.25) is 0 Å². The molecule has 0 aliphatic rings. The zero-order chi connectivity index (χ0) is 11.1. The molecule has 1 rings (SSSR count). The van der Waals surface area contributed by atoms with Crippen LogP contribution < -0.4 is 10.5 Å². The first-order valence-electron chi connectivity index (χ1n) is 4.63. The topological polar surface area (TPSA) is 76.1 Å². The van der Waals surface area contributed by atoms with Crippen LogP contribution in [0.3, 0.4) is 0 Å². The highest BCUT2D eigenvalue weighted by molar-refractivity contribution is 5.93. The molecule has 4 nitrogen and oxygen atoms in total. The van der Waals surface area contributed by atoms with Crippen molar-refractivity contribution in [3.8, 4) is 11.8 Å². The van der Waals surface area contributed by atoms with Crippen molar-refractivity contribution in [2.24, 2.45) is 5.73 Å². The van der Waals surface area contributed by atoms with Gasteiger partial charge in [0.1, 0.15) is 5.75 Å². The summed E-state index contributed by atoms with van der Waals surface area (Å²) in [7, 11) is 0. The second-order valence-corrected chi connectivity index (χ2v) is 3.00. The largest absolute Gasteiger partial charge is 0.494 e. The van der Waals surface area contributed by atoms with Gasteiger partial charge in [0.05, 0.1) is 12.7 Å². The molecule has 0 aliphatic heterocycles. The number of carbonyl (C=O) groups excluding carboxylic acids is 1. The summed E-state index contributed by atoms with van der Waals surface area (Å²) < 4.78 is 5.34. The predicted octanol–water partition coefficient (Wildman–Crippen LogP) is 1.47. The lowest BCUT2D eigenvalue weighted by Gasteiger charge is -2.05. The van der Waals surface area contributed by atoms with E-state index in [2.05, 4.69) is 0 Å². The number of hydrogen-bond donors (Lipinski definition) is 1. The number of unbranched alkanes of at least 4 members (excludes halogenated alkanes) is 1. The SMILES string of the molecule is N#CCCCOc1cccc(C(N)=O)c1. The van der Waals surface area contributed by atoms with Crippen molar-refractivity contribution in [3.05, 3.63) is 29.8 Å². The van der Waals surface area contributed by atoms with Gasteiger partial charge in [-0.3, -0.25) is 4.79 Å². The Labute approximate surface area is 88.3 Å². The molecule has 0 aliphatic carbocycles. The maximum atomic E-state index is 10.9. The summed E-state index contributed by atoms with van der Waals surface area (Å²) in [4.78, 5) is 10.9. The molecular formula is C11H12N2O2. The van der Waals surface area contributed by atoms with Crippen LogP contribution in [0, 0.1) is 11.3 Å². The maximum Gasteiger partial charge on any atom is 0.248 e. The molecule has 2 N–H and O–H groups in total. The molecule has 0 atom stereocenters. The fourth-order valence-corrected chi connectivity index (χ4v) is 1.08. The van der Waals surface area contributed by atoms with E-state index < -0.39 is 5.91 Å². The molecule has 0 fully saturated rings. The summed E-state index contributed by atoms with van der Waals surface area (Å²) in [5, 5.41) is 8.31. The Balaban J connectivity index is 2.51. The minimum atomic E-state index is -0.475. The molecule has 15 heavy (non-hydrogen) atoms. The fraction of sp³-hybridized carbons (Fsp3) is 0.273. The molecule has 0 radical (unpaired) electrons. The normalized spacial score (nSPS) is 9.27. The van der Waals surface area contributed by atoms with Crippen molar-refractivity contribution in [2.75, 3.05) is 6.61 Å².